The first-order valence-corrected chi connectivity index (χ1v) is 9.96. The summed E-state index contributed by atoms with van der Waals surface area (Å²) in [6.07, 6.45) is -1.11. The minimum absolute atomic E-state index is 0.00577. The molecule has 0 fully saturated rings. The molecule has 0 aromatic rings. The van der Waals surface area contributed by atoms with Crippen molar-refractivity contribution in [2.24, 2.45) is 0 Å². The molecule has 0 spiro atoms. The Bertz CT molecular complexity index is 417. The third kappa shape index (κ3) is 9.81. The first kappa shape index (κ1) is 23.6. The normalized spacial score (nSPS) is 13.8. The van der Waals surface area contributed by atoms with Crippen molar-refractivity contribution in [2.45, 2.75) is 33.5 Å². The zero-order valence-corrected chi connectivity index (χ0v) is 16.4. The van der Waals surface area contributed by atoms with Crippen LogP contribution in [0.4, 0.5) is 0 Å². The molecular formula is C13H24Cl2NO7P. The van der Waals surface area contributed by atoms with E-state index in [1.165, 1.54) is 18.5 Å². The van der Waals surface area contributed by atoms with Gasteiger partial charge in [0.15, 0.2) is 0 Å². The van der Waals surface area contributed by atoms with E-state index in [1.54, 1.807) is 6.92 Å². The lowest BCUT2D eigenvalue weighted by molar-refractivity contribution is -0.186. The number of rotatable bonds is 13. The monoisotopic (exact) mass is 407 g/mol. The second-order valence-corrected chi connectivity index (χ2v) is 7.26. The number of carbonyl (C=O) groups is 2. The SMILES string of the molecule is CCOP(=O)(OCCC(OC(C)=O)OC(C)=O)N(CCCl)CCCl. The van der Waals surface area contributed by atoms with Crippen LogP contribution in [0.1, 0.15) is 27.2 Å². The summed E-state index contributed by atoms with van der Waals surface area (Å²) in [6.45, 7) is 4.62. The lowest BCUT2D eigenvalue weighted by Gasteiger charge is -2.29. The second-order valence-electron chi connectivity index (χ2n) is 4.49. The topological polar surface area (TPSA) is 91.4 Å². The van der Waals surface area contributed by atoms with Gasteiger partial charge in [-0.05, 0) is 6.92 Å². The van der Waals surface area contributed by atoms with E-state index in [0.29, 0.717) is 0 Å². The third-order valence-electron chi connectivity index (χ3n) is 2.53. The van der Waals surface area contributed by atoms with Gasteiger partial charge in [0, 0.05) is 45.1 Å². The molecule has 0 rings (SSSR count). The van der Waals surface area contributed by atoms with E-state index in [-0.39, 0.29) is 44.5 Å². The standard InChI is InChI=1S/C13H24Cl2NO7P/c1-4-20-24(19,16(8-6-14)9-7-15)21-10-5-13(22-11(2)17)23-12(3)18/h13H,4-10H2,1-3H3. The van der Waals surface area contributed by atoms with Gasteiger partial charge < -0.3 is 9.47 Å². The van der Waals surface area contributed by atoms with Gasteiger partial charge in [0.25, 0.3) is 0 Å². The van der Waals surface area contributed by atoms with Gasteiger partial charge in [-0.1, -0.05) is 0 Å². The summed E-state index contributed by atoms with van der Waals surface area (Å²) in [6, 6.07) is 0. The summed E-state index contributed by atoms with van der Waals surface area (Å²) in [5.41, 5.74) is 0. The molecule has 0 saturated heterocycles. The number of hydrogen-bond acceptors (Lipinski definition) is 7. The summed E-state index contributed by atoms with van der Waals surface area (Å²) >= 11 is 11.4. The smallest absolute Gasteiger partial charge is 0.408 e. The molecule has 11 heteroatoms. The Labute approximate surface area is 152 Å². The quantitative estimate of drug-likeness (QED) is 0.199. The van der Waals surface area contributed by atoms with Crippen LogP contribution in [0, 0.1) is 0 Å². The van der Waals surface area contributed by atoms with Gasteiger partial charge in [-0.2, -0.15) is 0 Å². The average molecular weight is 408 g/mol. The van der Waals surface area contributed by atoms with Crippen LogP contribution in [0.15, 0.2) is 0 Å². The zero-order valence-electron chi connectivity index (χ0n) is 14.0. The molecule has 0 radical (unpaired) electrons. The van der Waals surface area contributed by atoms with E-state index in [9.17, 15) is 14.2 Å². The highest BCUT2D eigenvalue weighted by atomic mass is 35.5. The van der Waals surface area contributed by atoms with Crippen molar-refractivity contribution in [3.8, 4) is 0 Å². The van der Waals surface area contributed by atoms with Crippen LogP contribution in [0.25, 0.3) is 0 Å². The Morgan fingerprint density at radius 3 is 1.92 bits per heavy atom. The lowest BCUT2D eigenvalue weighted by Crippen LogP contribution is -2.28. The van der Waals surface area contributed by atoms with E-state index in [2.05, 4.69) is 0 Å². The third-order valence-corrected chi connectivity index (χ3v) is 5.05. The van der Waals surface area contributed by atoms with Crippen molar-refractivity contribution in [1.82, 2.24) is 4.67 Å². The largest absolute Gasteiger partial charge is 0.425 e. The van der Waals surface area contributed by atoms with Gasteiger partial charge in [-0.15, -0.1) is 23.2 Å². The van der Waals surface area contributed by atoms with Crippen LogP contribution < -0.4 is 0 Å². The van der Waals surface area contributed by atoms with Crippen LogP contribution in [-0.4, -0.2) is 61.0 Å². The first-order chi connectivity index (χ1) is 11.3. The number of nitrogens with zero attached hydrogens (tertiary/aromatic N) is 1. The predicted molar refractivity (Wildman–Crippen MR) is 90.1 cm³/mol. The zero-order chi connectivity index (χ0) is 18.6. The molecule has 0 N–H and O–H groups in total. The van der Waals surface area contributed by atoms with Crippen molar-refractivity contribution in [1.29, 1.82) is 0 Å². The molecule has 0 aliphatic carbocycles. The molecular weight excluding hydrogens is 384 g/mol. The molecule has 142 valence electrons. The molecule has 0 aromatic carbocycles. The molecule has 8 nitrogen and oxygen atoms in total. The minimum Gasteiger partial charge on any atom is -0.425 e. The average Bonchev–Trinajstić information content (AvgIpc) is 2.46. The highest BCUT2D eigenvalue weighted by molar-refractivity contribution is 7.51. The summed E-state index contributed by atoms with van der Waals surface area (Å²) in [4.78, 5) is 22.0. The van der Waals surface area contributed by atoms with Gasteiger partial charge in [0.2, 0.25) is 6.29 Å². The Morgan fingerprint density at radius 2 is 1.54 bits per heavy atom. The van der Waals surface area contributed by atoms with Crippen molar-refractivity contribution in [3.63, 3.8) is 0 Å². The van der Waals surface area contributed by atoms with E-state index in [4.69, 9.17) is 41.7 Å². The molecule has 0 heterocycles. The number of ether oxygens (including phenoxy) is 2. The Morgan fingerprint density at radius 1 is 1.04 bits per heavy atom. The fourth-order valence-electron chi connectivity index (χ4n) is 1.69. The molecule has 0 amide bonds. The van der Waals surface area contributed by atoms with Crippen molar-refractivity contribution < 1.29 is 32.7 Å². The van der Waals surface area contributed by atoms with Crippen molar-refractivity contribution in [2.75, 3.05) is 38.1 Å². The molecule has 1 atom stereocenters. The Hall–Kier alpha value is -0.370. The lowest BCUT2D eigenvalue weighted by atomic mass is 10.4. The molecule has 0 aromatic heterocycles. The van der Waals surface area contributed by atoms with Gasteiger partial charge >= 0.3 is 19.7 Å². The van der Waals surface area contributed by atoms with E-state index < -0.39 is 26.0 Å². The summed E-state index contributed by atoms with van der Waals surface area (Å²) in [5, 5.41) is 0. The van der Waals surface area contributed by atoms with E-state index >= 15 is 0 Å². The number of halogens is 2. The van der Waals surface area contributed by atoms with Gasteiger partial charge in [-0.3, -0.25) is 18.6 Å². The maximum absolute atomic E-state index is 12.9. The van der Waals surface area contributed by atoms with Gasteiger partial charge in [0.05, 0.1) is 13.2 Å². The number of carbonyl (C=O) groups excluding carboxylic acids is 2. The molecule has 24 heavy (non-hydrogen) atoms. The van der Waals surface area contributed by atoms with Gasteiger partial charge in [-0.25, -0.2) is 9.24 Å². The Kier molecular flexibility index (Phi) is 12.7. The van der Waals surface area contributed by atoms with Crippen LogP contribution >= 0.6 is 30.9 Å². The molecule has 1 unspecified atom stereocenters. The minimum atomic E-state index is -3.60. The van der Waals surface area contributed by atoms with Crippen molar-refractivity contribution in [3.05, 3.63) is 0 Å². The molecule has 0 aliphatic rings. The van der Waals surface area contributed by atoms with Crippen LogP contribution in [-0.2, 0) is 32.7 Å². The fraction of sp³-hybridized carbons (Fsp3) is 0.846. The summed E-state index contributed by atoms with van der Waals surface area (Å²) in [7, 11) is -3.60. The maximum Gasteiger partial charge on any atom is 0.408 e. The number of esters is 2. The van der Waals surface area contributed by atoms with Crippen LogP contribution in [0.5, 0.6) is 0 Å². The first-order valence-electron chi connectivity index (χ1n) is 7.40. The number of alkyl halides is 2. The molecule has 0 saturated carbocycles. The van der Waals surface area contributed by atoms with Gasteiger partial charge in [0.1, 0.15) is 0 Å². The fourth-order valence-corrected chi connectivity index (χ4v) is 4.09. The molecule has 0 aliphatic heterocycles. The number of hydrogen-bond donors (Lipinski definition) is 0. The predicted octanol–water partition coefficient (Wildman–Crippen LogP) is 2.77. The van der Waals surface area contributed by atoms with Crippen molar-refractivity contribution >= 4 is 42.9 Å². The maximum atomic E-state index is 12.9. The van der Waals surface area contributed by atoms with Crippen LogP contribution in [0.3, 0.4) is 0 Å². The highest BCUT2D eigenvalue weighted by Gasteiger charge is 2.33. The summed E-state index contributed by atoms with van der Waals surface area (Å²) in [5.74, 6) is -0.776. The summed E-state index contributed by atoms with van der Waals surface area (Å²) < 4.78 is 34.6. The van der Waals surface area contributed by atoms with E-state index in [0.717, 1.165) is 0 Å². The Balaban J connectivity index is 4.82. The second kappa shape index (κ2) is 12.9. The highest BCUT2D eigenvalue weighted by Crippen LogP contribution is 2.51. The van der Waals surface area contributed by atoms with E-state index in [1.807, 2.05) is 0 Å². The van der Waals surface area contributed by atoms with Crippen LogP contribution in [0.2, 0.25) is 0 Å². The molecule has 0 bridgehead atoms.